The number of hydrogen-bond donors (Lipinski definition) is 0. The van der Waals surface area contributed by atoms with Gasteiger partial charge in [0.05, 0.1) is 5.02 Å². The topological polar surface area (TPSA) is 57.2 Å². The van der Waals surface area contributed by atoms with E-state index >= 15 is 0 Å². The number of carbonyl (C=O) groups excluding carboxylic acids is 1. The van der Waals surface area contributed by atoms with Crippen molar-refractivity contribution in [2.75, 3.05) is 0 Å². The second kappa shape index (κ2) is 6.78. The van der Waals surface area contributed by atoms with E-state index in [0.717, 1.165) is 0 Å². The van der Waals surface area contributed by atoms with Gasteiger partial charge in [-0.05, 0) is 29.3 Å². The molecule has 1 rings (SSSR count). The first kappa shape index (κ1) is 15.3. The molecule has 1 aromatic rings. The van der Waals surface area contributed by atoms with Gasteiger partial charge in [0.15, 0.2) is 5.78 Å². The summed E-state index contributed by atoms with van der Waals surface area (Å²) in [5, 5.41) is 0.131. The van der Waals surface area contributed by atoms with Crippen LogP contribution in [0.4, 0.5) is 0 Å². The van der Waals surface area contributed by atoms with Gasteiger partial charge in [-0.1, -0.05) is 18.5 Å². The van der Waals surface area contributed by atoms with Crippen LogP contribution in [-0.2, 0) is 11.1 Å². The van der Waals surface area contributed by atoms with Crippen LogP contribution in [0.3, 0.4) is 0 Å². The van der Waals surface area contributed by atoms with Crippen LogP contribution in [0.2, 0.25) is 5.02 Å². The van der Waals surface area contributed by atoms with Crippen LogP contribution in [0.5, 0.6) is 0 Å². The Morgan fingerprint density at radius 2 is 2.13 bits per heavy atom. The van der Waals surface area contributed by atoms with Gasteiger partial charge in [-0.2, -0.15) is 0 Å². The number of ketones is 1. The van der Waals surface area contributed by atoms with Crippen molar-refractivity contribution in [3.8, 4) is 0 Å². The second-order valence-corrected chi connectivity index (χ2v) is 3.97. The minimum absolute atomic E-state index is 0. The molecule has 0 fully saturated rings. The fourth-order valence-corrected chi connectivity index (χ4v) is 1.77. The van der Waals surface area contributed by atoms with Crippen LogP contribution in [0.1, 0.15) is 23.7 Å². The maximum atomic E-state index is 11.3. The Morgan fingerprint density at radius 1 is 1.53 bits per heavy atom. The molecule has 1 unspecified atom stereocenters. The van der Waals surface area contributed by atoms with Crippen molar-refractivity contribution < 1.29 is 43.1 Å². The van der Waals surface area contributed by atoms with Crippen LogP contribution < -0.4 is 29.6 Å². The molecule has 1 atom stereocenters. The van der Waals surface area contributed by atoms with Gasteiger partial charge in [-0.25, -0.2) is 0 Å². The minimum Gasteiger partial charge on any atom is -0.768 e. The van der Waals surface area contributed by atoms with E-state index in [4.69, 9.17) is 11.6 Å². The average Bonchev–Trinajstić information content (AvgIpc) is 2.17. The van der Waals surface area contributed by atoms with Gasteiger partial charge in [0.25, 0.3) is 0 Å². The number of halogens is 1. The number of benzene rings is 1. The second-order valence-electron chi connectivity index (χ2n) is 2.66. The van der Waals surface area contributed by atoms with E-state index in [2.05, 4.69) is 0 Å². The summed E-state index contributed by atoms with van der Waals surface area (Å²) in [4.78, 5) is 11.2. The van der Waals surface area contributed by atoms with Crippen molar-refractivity contribution in [3.63, 3.8) is 0 Å². The molecule has 0 aliphatic carbocycles. The van der Waals surface area contributed by atoms with E-state index in [1.54, 1.807) is 6.92 Å². The summed E-state index contributed by atoms with van der Waals surface area (Å²) >= 11 is 3.23. The Balaban J connectivity index is 0.00000196. The van der Waals surface area contributed by atoms with Gasteiger partial charge in [0.1, 0.15) is 0 Å². The van der Waals surface area contributed by atoms with Gasteiger partial charge in [0, 0.05) is 16.9 Å². The molecular formula is C9H8ClNaO3S. The monoisotopic (exact) mass is 254 g/mol. The minimum atomic E-state index is -2.40. The van der Waals surface area contributed by atoms with Crippen molar-refractivity contribution in [1.82, 2.24) is 0 Å². The SMILES string of the molecule is CCC(=O)c1ccc(Cl)c(S(=O)[O-])c1.[Na+]. The number of carbonyl (C=O) groups is 1. The molecule has 0 aliphatic heterocycles. The fraction of sp³-hybridized carbons (Fsp3) is 0.222. The molecule has 0 spiro atoms. The van der Waals surface area contributed by atoms with Crippen molar-refractivity contribution in [3.05, 3.63) is 28.8 Å². The Morgan fingerprint density at radius 3 is 2.60 bits per heavy atom. The van der Waals surface area contributed by atoms with Gasteiger partial charge in [0.2, 0.25) is 0 Å². The molecular weight excluding hydrogens is 247 g/mol. The maximum Gasteiger partial charge on any atom is 1.00 e. The third-order valence-corrected chi connectivity index (χ3v) is 2.89. The first-order valence-electron chi connectivity index (χ1n) is 3.98. The smallest absolute Gasteiger partial charge is 0.768 e. The molecule has 0 N–H and O–H groups in total. The molecule has 0 radical (unpaired) electrons. The summed E-state index contributed by atoms with van der Waals surface area (Å²) in [5.74, 6) is -0.103. The molecule has 0 heterocycles. The van der Waals surface area contributed by atoms with Crippen molar-refractivity contribution in [1.29, 1.82) is 0 Å². The number of rotatable bonds is 3. The van der Waals surface area contributed by atoms with E-state index < -0.39 is 11.1 Å². The Kier molecular flexibility index (Phi) is 6.91. The zero-order valence-corrected chi connectivity index (χ0v) is 12.0. The molecule has 0 aliphatic rings. The molecule has 0 aromatic heterocycles. The largest absolute Gasteiger partial charge is 1.00 e. The molecule has 0 amide bonds. The van der Waals surface area contributed by atoms with Crippen LogP contribution in [0.15, 0.2) is 23.1 Å². The van der Waals surface area contributed by atoms with Crippen molar-refractivity contribution >= 4 is 28.5 Å². The third kappa shape index (κ3) is 3.98. The van der Waals surface area contributed by atoms with Crippen LogP contribution in [-0.4, -0.2) is 14.5 Å². The van der Waals surface area contributed by atoms with E-state index in [1.165, 1.54) is 18.2 Å². The van der Waals surface area contributed by atoms with Gasteiger partial charge >= 0.3 is 29.6 Å². The van der Waals surface area contributed by atoms with Gasteiger partial charge < -0.3 is 4.55 Å². The van der Waals surface area contributed by atoms with Crippen molar-refractivity contribution in [2.45, 2.75) is 18.2 Å². The zero-order valence-electron chi connectivity index (χ0n) is 8.45. The van der Waals surface area contributed by atoms with E-state index in [0.29, 0.717) is 12.0 Å². The van der Waals surface area contributed by atoms with Crippen LogP contribution in [0.25, 0.3) is 0 Å². The molecule has 0 bridgehead atoms. The summed E-state index contributed by atoms with van der Waals surface area (Å²) < 4.78 is 21.4. The van der Waals surface area contributed by atoms with Crippen LogP contribution in [0, 0.1) is 0 Å². The predicted octanol–water partition coefficient (Wildman–Crippen LogP) is -0.825. The molecule has 6 heteroatoms. The molecule has 76 valence electrons. The standard InChI is InChI=1S/C9H9ClO3S.Na/c1-2-8(11)6-3-4-7(10)9(5-6)14(12)13;/h3-5H,2H2,1H3,(H,12,13);/q;+1/p-1. The quantitative estimate of drug-likeness (QED) is 0.402. The van der Waals surface area contributed by atoms with Gasteiger partial charge in [-0.3, -0.25) is 9.00 Å². The van der Waals surface area contributed by atoms with Crippen molar-refractivity contribution in [2.24, 2.45) is 0 Å². The molecule has 15 heavy (non-hydrogen) atoms. The molecule has 0 saturated heterocycles. The third-order valence-electron chi connectivity index (χ3n) is 1.75. The van der Waals surface area contributed by atoms with E-state index in [9.17, 15) is 13.6 Å². The predicted molar refractivity (Wildman–Crippen MR) is 53.3 cm³/mol. The number of Topliss-reactive ketones (excluding diaryl/α,β-unsaturated/α-hetero) is 1. The fourth-order valence-electron chi connectivity index (χ4n) is 1.01. The van der Waals surface area contributed by atoms with E-state index in [1.807, 2.05) is 0 Å². The Bertz CT molecular complexity index is 395. The molecule has 0 saturated carbocycles. The van der Waals surface area contributed by atoms with Gasteiger partial charge in [-0.15, -0.1) is 0 Å². The normalized spacial score (nSPS) is 11.7. The Labute approximate surface area is 118 Å². The first-order valence-corrected chi connectivity index (χ1v) is 5.43. The molecule has 3 nitrogen and oxygen atoms in total. The van der Waals surface area contributed by atoms with E-state index in [-0.39, 0.29) is 45.3 Å². The summed E-state index contributed by atoms with van der Waals surface area (Å²) in [6.45, 7) is 1.71. The zero-order chi connectivity index (χ0) is 10.7. The summed E-state index contributed by atoms with van der Waals surface area (Å²) in [7, 11) is 0. The molecule has 1 aromatic carbocycles. The van der Waals surface area contributed by atoms with Crippen LogP contribution >= 0.6 is 11.6 Å². The average molecular weight is 255 g/mol. The summed E-state index contributed by atoms with van der Waals surface area (Å²) in [6, 6.07) is 4.22. The maximum absolute atomic E-state index is 11.3. The number of hydrogen-bond acceptors (Lipinski definition) is 3. The summed E-state index contributed by atoms with van der Waals surface area (Å²) in [6.07, 6.45) is 0.340. The summed E-state index contributed by atoms with van der Waals surface area (Å²) in [5.41, 5.74) is 0.371. The Hall–Kier alpha value is 0.290. The first-order chi connectivity index (χ1) is 6.56.